The Morgan fingerprint density at radius 3 is 2.07 bits per heavy atom. The topological polar surface area (TPSA) is 28.0 Å². The Kier molecular flexibility index (Phi) is 6.34. The van der Waals surface area contributed by atoms with Crippen molar-refractivity contribution in [2.45, 2.75) is 27.7 Å². The molecule has 0 spiro atoms. The minimum Gasteiger partial charge on any atom is -0.366 e. The molecule has 15 heavy (non-hydrogen) atoms. The Balaban J connectivity index is 5.00. The van der Waals surface area contributed by atoms with Crippen LogP contribution in [0.1, 0.15) is 27.7 Å². The molecule has 0 aromatic carbocycles. The van der Waals surface area contributed by atoms with E-state index in [4.69, 9.17) is 0 Å². The molecular weight excluding hydrogens is 186 g/mol. The fourth-order valence-corrected chi connectivity index (χ4v) is 0.760. The molecule has 0 aliphatic rings. The lowest BCUT2D eigenvalue weighted by molar-refractivity contribution is 0.619. The van der Waals surface area contributed by atoms with Crippen LogP contribution in [0.5, 0.6) is 0 Å². The average molecular weight is 207 g/mol. The lowest BCUT2D eigenvalue weighted by Gasteiger charge is -2.10. The molecule has 0 unspecified atom stereocenters. The summed E-state index contributed by atoms with van der Waals surface area (Å²) in [6.45, 7) is 7.85. The highest BCUT2D eigenvalue weighted by molar-refractivity contribution is 6.02. The third-order valence-corrected chi connectivity index (χ3v) is 1.95. The van der Waals surface area contributed by atoms with Gasteiger partial charge >= 0.3 is 0 Å². The van der Waals surface area contributed by atoms with E-state index >= 15 is 0 Å². The number of allylic oxidation sites excluding steroid dienone is 3. The van der Waals surface area contributed by atoms with Gasteiger partial charge in [0.25, 0.3) is 0 Å². The third-order valence-electron chi connectivity index (χ3n) is 1.95. The van der Waals surface area contributed by atoms with Gasteiger partial charge in [-0.2, -0.15) is 0 Å². The van der Waals surface area contributed by atoms with Crippen LogP contribution in [0.25, 0.3) is 0 Å². The molecule has 0 atom stereocenters. The van der Waals surface area contributed by atoms with Crippen LogP contribution in [0, 0.1) is 0 Å². The fraction of sp³-hybridized carbons (Fsp3) is 0.500. The molecule has 0 fully saturated rings. The maximum absolute atomic E-state index is 4.42. The quantitative estimate of drug-likeness (QED) is 0.505. The van der Waals surface area contributed by atoms with Crippen LogP contribution in [-0.2, 0) is 0 Å². The number of rotatable bonds is 2. The van der Waals surface area contributed by atoms with Crippen LogP contribution in [0.2, 0.25) is 0 Å². The predicted octanol–water partition coefficient (Wildman–Crippen LogP) is 2.86. The molecular formula is C12H21N3. The molecule has 0 heterocycles. The van der Waals surface area contributed by atoms with E-state index in [9.17, 15) is 0 Å². The van der Waals surface area contributed by atoms with Crippen LogP contribution in [-0.4, -0.2) is 30.7 Å². The summed E-state index contributed by atoms with van der Waals surface area (Å²) >= 11 is 0. The molecule has 0 radical (unpaired) electrons. The highest BCUT2D eigenvalue weighted by atomic mass is 15.1. The van der Waals surface area contributed by atoms with Crippen molar-refractivity contribution >= 4 is 11.7 Å². The first-order valence-corrected chi connectivity index (χ1v) is 5.08. The van der Waals surface area contributed by atoms with Crippen molar-refractivity contribution in [3.63, 3.8) is 0 Å². The van der Waals surface area contributed by atoms with E-state index in [1.807, 2.05) is 64.9 Å². The zero-order valence-corrected chi connectivity index (χ0v) is 10.6. The van der Waals surface area contributed by atoms with Gasteiger partial charge < -0.3 is 4.90 Å². The van der Waals surface area contributed by atoms with Crippen molar-refractivity contribution in [3.8, 4) is 0 Å². The van der Waals surface area contributed by atoms with Crippen molar-refractivity contribution in [3.05, 3.63) is 23.9 Å². The first kappa shape index (κ1) is 13.6. The number of aliphatic imine (C=N–C) groups is 2. The molecule has 0 aromatic heterocycles. The summed E-state index contributed by atoms with van der Waals surface area (Å²) in [6.07, 6.45) is 5.80. The third kappa shape index (κ3) is 5.83. The van der Waals surface area contributed by atoms with Gasteiger partial charge in [-0.3, -0.25) is 0 Å². The smallest absolute Gasteiger partial charge is 0.153 e. The van der Waals surface area contributed by atoms with Gasteiger partial charge in [0.15, 0.2) is 5.84 Å². The van der Waals surface area contributed by atoms with Crippen molar-refractivity contribution in [2.24, 2.45) is 9.98 Å². The first-order valence-electron chi connectivity index (χ1n) is 5.08. The maximum atomic E-state index is 4.42. The zero-order valence-electron chi connectivity index (χ0n) is 10.6. The van der Waals surface area contributed by atoms with E-state index < -0.39 is 0 Å². The Labute approximate surface area is 92.9 Å². The summed E-state index contributed by atoms with van der Waals surface area (Å²) in [6, 6.07) is 0. The SMILES string of the molecule is C/C=C/C(N=C(C)N(C)C)=N/C(C)=C/C. The van der Waals surface area contributed by atoms with E-state index in [0.717, 1.165) is 17.4 Å². The predicted molar refractivity (Wildman–Crippen MR) is 68.5 cm³/mol. The fourth-order valence-electron chi connectivity index (χ4n) is 0.760. The summed E-state index contributed by atoms with van der Waals surface area (Å²) in [5.74, 6) is 1.68. The monoisotopic (exact) mass is 207 g/mol. The molecule has 0 saturated heterocycles. The Bertz CT molecular complexity index is 307. The molecule has 0 saturated carbocycles. The number of nitrogens with zero attached hydrogens (tertiary/aromatic N) is 3. The summed E-state index contributed by atoms with van der Waals surface area (Å²) < 4.78 is 0. The van der Waals surface area contributed by atoms with Gasteiger partial charge in [0.05, 0.1) is 0 Å². The average Bonchev–Trinajstić information content (AvgIpc) is 2.17. The second-order valence-corrected chi connectivity index (χ2v) is 3.45. The largest absolute Gasteiger partial charge is 0.366 e. The van der Waals surface area contributed by atoms with E-state index in [2.05, 4.69) is 9.98 Å². The molecule has 84 valence electrons. The highest BCUT2D eigenvalue weighted by Crippen LogP contribution is 1.98. The van der Waals surface area contributed by atoms with Crippen LogP contribution in [0.4, 0.5) is 0 Å². The van der Waals surface area contributed by atoms with Crippen LogP contribution < -0.4 is 0 Å². The first-order chi connectivity index (χ1) is 7.01. The minimum atomic E-state index is 0.735. The van der Waals surface area contributed by atoms with Gasteiger partial charge in [0.1, 0.15) is 5.84 Å². The summed E-state index contributed by atoms with van der Waals surface area (Å²) in [7, 11) is 3.93. The number of hydrogen-bond donors (Lipinski definition) is 0. The van der Waals surface area contributed by atoms with Crippen molar-refractivity contribution in [1.29, 1.82) is 0 Å². The molecule has 0 aliphatic heterocycles. The second-order valence-electron chi connectivity index (χ2n) is 3.45. The minimum absolute atomic E-state index is 0.735. The zero-order chi connectivity index (χ0) is 11.8. The standard InChI is InChI=1S/C12H21N3/c1-7-9-12(13-10(3)8-2)14-11(4)15(5)6/h7-9H,1-6H3/b9-7+,10-8+,13-12-,14-11?. The van der Waals surface area contributed by atoms with Gasteiger partial charge in [0, 0.05) is 19.8 Å². The Morgan fingerprint density at radius 2 is 1.67 bits per heavy atom. The molecule has 3 heteroatoms. The summed E-state index contributed by atoms with van der Waals surface area (Å²) in [4.78, 5) is 10.8. The maximum Gasteiger partial charge on any atom is 0.153 e. The van der Waals surface area contributed by atoms with Crippen molar-refractivity contribution < 1.29 is 0 Å². The van der Waals surface area contributed by atoms with E-state index in [-0.39, 0.29) is 0 Å². The lowest BCUT2D eigenvalue weighted by atomic mass is 10.4. The Morgan fingerprint density at radius 1 is 1.07 bits per heavy atom. The molecule has 0 aromatic rings. The van der Waals surface area contributed by atoms with E-state index in [1.165, 1.54) is 0 Å². The summed E-state index contributed by atoms with van der Waals surface area (Å²) in [5, 5.41) is 0. The van der Waals surface area contributed by atoms with Gasteiger partial charge in [-0.05, 0) is 33.8 Å². The van der Waals surface area contributed by atoms with E-state index in [0.29, 0.717) is 0 Å². The number of amidine groups is 2. The molecule has 0 N–H and O–H groups in total. The van der Waals surface area contributed by atoms with Gasteiger partial charge in [-0.25, -0.2) is 9.98 Å². The van der Waals surface area contributed by atoms with Crippen LogP contribution in [0.15, 0.2) is 33.9 Å². The normalized spacial score (nSPS) is 14.9. The Hall–Kier alpha value is -1.38. The second kappa shape index (κ2) is 6.98. The van der Waals surface area contributed by atoms with Crippen LogP contribution in [0.3, 0.4) is 0 Å². The molecule has 3 nitrogen and oxygen atoms in total. The van der Waals surface area contributed by atoms with Crippen molar-refractivity contribution in [1.82, 2.24) is 4.90 Å². The highest BCUT2D eigenvalue weighted by Gasteiger charge is 1.96. The van der Waals surface area contributed by atoms with Gasteiger partial charge in [-0.1, -0.05) is 12.2 Å². The van der Waals surface area contributed by atoms with Crippen LogP contribution >= 0.6 is 0 Å². The van der Waals surface area contributed by atoms with Crippen molar-refractivity contribution in [2.75, 3.05) is 14.1 Å². The molecule has 0 bridgehead atoms. The van der Waals surface area contributed by atoms with Gasteiger partial charge in [-0.15, -0.1) is 0 Å². The van der Waals surface area contributed by atoms with Gasteiger partial charge in [0.2, 0.25) is 0 Å². The molecule has 0 aliphatic carbocycles. The molecule has 0 amide bonds. The molecule has 0 rings (SSSR count). The lowest BCUT2D eigenvalue weighted by Crippen LogP contribution is -2.19. The number of hydrogen-bond acceptors (Lipinski definition) is 1. The summed E-state index contributed by atoms with van der Waals surface area (Å²) in [5.41, 5.74) is 0.971. The van der Waals surface area contributed by atoms with E-state index in [1.54, 1.807) is 0 Å².